The first-order valence-corrected chi connectivity index (χ1v) is 4.76. The van der Waals surface area contributed by atoms with Crippen molar-refractivity contribution in [2.45, 2.75) is 18.9 Å². The molecule has 0 aromatic heterocycles. The summed E-state index contributed by atoms with van der Waals surface area (Å²) in [6.07, 6.45) is 1.22. The van der Waals surface area contributed by atoms with E-state index in [0.29, 0.717) is 12.8 Å². The zero-order chi connectivity index (χ0) is 11.3. The Hall–Kier alpha value is -1.17. The number of rotatable bonds is 5. The summed E-state index contributed by atoms with van der Waals surface area (Å²) in [5.74, 6) is 0. The van der Waals surface area contributed by atoms with Crippen LogP contribution >= 0.6 is 12.4 Å². The molecule has 1 aromatic carbocycles. The molecule has 0 aliphatic carbocycles. The van der Waals surface area contributed by atoms with Crippen molar-refractivity contribution in [1.82, 2.24) is 0 Å². The van der Waals surface area contributed by atoms with E-state index in [1.54, 1.807) is 12.1 Å². The lowest BCUT2D eigenvalue weighted by atomic mass is 10.0. The molecule has 1 atom stereocenters. The number of halogens is 1. The van der Waals surface area contributed by atoms with Crippen LogP contribution in [0.1, 0.15) is 24.4 Å². The minimum atomic E-state index is -0.442. The van der Waals surface area contributed by atoms with Gasteiger partial charge in [-0.2, -0.15) is 0 Å². The standard InChI is InChI=1S/C10H14N2O3.ClH/c11-10(5-2-6-13)8-3-1-4-9(7-8)12(14)15;/h1,3-4,7,10,13H,2,5-6,11H2;1H/t10-;/m0./s1. The molecule has 0 aliphatic rings. The molecule has 0 saturated heterocycles. The van der Waals surface area contributed by atoms with E-state index in [1.807, 2.05) is 0 Å². The Morgan fingerprint density at radius 3 is 2.75 bits per heavy atom. The van der Waals surface area contributed by atoms with Gasteiger partial charge in [-0.1, -0.05) is 12.1 Å². The molecule has 0 bridgehead atoms. The van der Waals surface area contributed by atoms with E-state index >= 15 is 0 Å². The van der Waals surface area contributed by atoms with E-state index in [4.69, 9.17) is 10.8 Å². The molecule has 0 heterocycles. The first kappa shape index (κ1) is 14.8. The normalized spacial score (nSPS) is 11.6. The Morgan fingerprint density at radius 1 is 1.50 bits per heavy atom. The zero-order valence-electron chi connectivity index (χ0n) is 8.70. The van der Waals surface area contributed by atoms with Crippen molar-refractivity contribution in [3.8, 4) is 0 Å². The Bertz CT molecular complexity index is 347. The lowest BCUT2D eigenvalue weighted by Crippen LogP contribution is -2.10. The van der Waals surface area contributed by atoms with Gasteiger partial charge in [0.05, 0.1) is 4.92 Å². The molecule has 16 heavy (non-hydrogen) atoms. The lowest BCUT2D eigenvalue weighted by molar-refractivity contribution is -0.384. The molecule has 90 valence electrons. The monoisotopic (exact) mass is 246 g/mol. The van der Waals surface area contributed by atoms with E-state index in [1.165, 1.54) is 12.1 Å². The molecule has 3 N–H and O–H groups in total. The fourth-order valence-electron chi connectivity index (χ4n) is 1.35. The van der Waals surface area contributed by atoms with Crippen molar-refractivity contribution in [2.24, 2.45) is 5.73 Å². The molecule has 0 fully saturated rings. The summed E-state index contributed by atoms with van der Waals surface area (Å²) in [5, 5.41) is 19.2. The molecule has 6 heteroatoms. The van der Waals surface area contributed by atoms with Gasteiger partial charge >= 0.3 is 0 Å². The number of aliphatic hydroxyl groups excluding tert-OH is 1. The third-order valence-electron chi connectivity index (χ3n) is 2.18. The highest BCUT2D eigenvalue weighted by Crippen LogP contribution is 2.20. The molecule has 0 saturated carbocycles. The molecule has 0 aliphatic heterocycles. The number of nitrogens with zero attached hydrogens (tertiary/aromatic N) is 1. The highest BCUT2D eigenvalue weighted by atomic mass is 35.5. The van der Waals surface area contributed by atoms with Crippen LogP contribution in [0, 0.1) is 10.1 Å². The summed E-state index contributed by atoms with van der Waals surface area (Å²) in [6, 6.07) is 6.03. The van der Waals surface area contributed by atoms with Crippen LogP contribution in [0.4, 0.5) is 5.69 Å². The van der Waals surface area contributed by atoms with E-state index < -0.39 is 4.92 Å². The van der Waals surface area contributed by atoms with Crippen LogP contribution in [0.3, 0.4) is 0 Å². The molecule has 1 rings (SSSR count). The first-order valence-electron chi connectivity index (χ1n) is 4.76. The third kappa shape index (κ3) is 4.14. The third-order valence-corrected chi connectivity index (χ3v) is 2.18. The van der Waals surface area contributed by atoms with Crippen molar-refractivity contribution in [3.05, 3.63) is 39.9 Å². The van der Waals surface area contributed by atoms with Gasteiger partial charge in [-0.3, -0.25) is 10.1 Å². The highest BCUT2D eigenvalue weighted by molar-refractivity contribution is 5.85. The second-order valence-electron chi connectivity index (χ2n) is 3.32. The molecular weight excluding hydrogens is 232 g/mol. The molecule has 5 nitrogen and oxygen atoms in total. The van der Waals surface area contributed by atoms with Crippen molar-refractivity contribution in [3.63, 3.8) is 0 Å². The number of non-ortho nitro benzene ring substituents is 1. The number of hydrogen-bond donors (Lipinski definition) is 2. The van der Waals surface area contributed by atoms with Crippen molar-refractivity contribution in [2.75, 3.05) is 6.61 Å². The smallest absolute Gasteiger partial charge is 0.269 e. The fraction of sp³-hybridized carbons (Fsp3) is 0.400. The van der Waals surface area contributed by atoms with Crippen LogP contribution in [0.2, 0.25) is 0 Å². The predicted molar refractivity (Wildman–Crippen MR) is 63.6 cm³/mol. The van der Waals surface area contributed by atoms with Crippen LogP contribution in [0.15, 0.2) is 24.3 Å². The molecular formula is C10H15ClN2O3. The van der Waals surface area contributed by atoms with Gasteiger partial charge in [-0.15, -0.1) is 12.4 Å². The number of hydrogen-bond acceptors (Lipinski definition) is 4. The van der Waals surface area contributed by atoms with Gasteiger partial charge in [0, 0.05) is 24.8 Å². The van der Waals surface area contributed by atoms with E-state index in [9.17, 15) is 10.1 Å². The van der Waals surface area contributed by atoms with E-state index in [2.05, 4.69) is 0 Å². The fourth-order valence-corrected chi connectivity index (χ4v) is 1.35. The number of nitro benzene ring substituents is 1. The Balaban J connectivity index is 0.00000225. The number of nitrogens with two attached hydrogens (primary N) is 1. The van der Waals surface area contributed by atoms with Crippen LogP contribution in [0.25, 0.3) is 0 Å². The molecule has 1 aromatic rings. The van der Waals surface area contributed by atoms with Gasteiger partial charge in [0.25, 0.3) is 5.69 Å². The minimum Gasteiger partial charge on any atom is -0.396 e. The minimum absolute atomic E-state index is 0. The topological polar surface area (TPSA) is 89.4 Å². The molecule has 0 amide bonds. The van der Waals surface area contributed by atoms with Crippen LogP contribution < -0.4 is 5.73 Å². The maximum absolute atomic E-state index is 10.5. The van der Waals surface area contributed by atoms with E-state index in [-0.39, 0.29) is 30.7 Å². The molecule has 0 unspecified atom stereocenters. The zero-order valence-corrected chi connectivity index (χ0v) is 9.52. The average molecular weight is 247 g/mol. The largest absolute Gasteiger partial charge is 0.396 e. The van der Waals surface area contributed by atoms with Gasteiger partial charge < -0.3 is 10.8 Å². The highest BCUT2D eigenvalue weighted by Gasteiger charge is 2.10. The summed E-state index contributed by atoms with van der Waals surface area (Å²) >= 11 is 0. The Labute approximate surface area is 99.8 Å². The quantitative estimate of drug-likeness (QED) is 0.612. The van der Waals surface area contributed by atoms with Gasteiger partial charge in [-0.05, 0) is 18.4 Å². The van der Waals surface area contributed by atoms with Gasteiger partial charge in [0.1, 0.15) is 0 Å². The Morgan fingerprint density at radius 2 is 2.19 bits per heavy atom. The predicted octanol–water partition coefficient (Wildman–Crippen LogP) is 1.79. The second kappa shape index (κ2) is 7.16. The maximum atomic E-state index is 10.5. The average Bonchev–Trinajstić information content (AvgIpc) is 2.26. The van der Waals surface area contributed by atoms with Crippen LogP contribution in [-0.2, 0) is 0 Å². The van der Waals surface area contributed by atoms with E-state index in [0.717, 1.165) is 5.56 Å². The summed E-state index contributed by atoms with van der Waals surface area (Å²) in [4.78, 5) is 10.1. The summed E-state index contributed by atoms with van der Waals surface area (Å²) in [7, 11) is 0. The van der Waals surface area contributed by atoms with Crippen LogP contribution in [-0.4, -0.2) is 16.6 Å². The first-order chi connectivity index (χ1) is 7.15. The van der Waals surface area contributed by atoms with Gasteiger partial charge in [-0.25, -0.2) is 0 Å². The number of aliphatic hydroxyl groups is 1. The summed E-state index contributed by atoms with van der Waals surface area (Å²) in [5.41, 5.74) is 6.60. The van der Waals surface area contributed by atoms with Crippen molar-refractivity contribution < 1.29 is 10.0 Å². The second-order valence-corrected chi connectivity index (χ2v) is 3.32. The number of nitro groups is 1. The lowest BCUT2D eigenvalue weighted by Gasteiger charge is -2.10. The molecule has 0 radical (unpaired) electrons. The SMILES string of the molecule is Cl.N[C@@H](CCCO)c1cccc([N+](=O)[O-])c1. The molecule has 0 spiro atoms. The summed E-state index contributed by atoms with van der Waals surface area (Å²) < 4.78 is 0. The Kier molecular flexibility index (Phi) is 6.64. The number of benzene rings is 1. The maximum Gasteiger partial charge on any atom is 0.269 e. The van der Waals surface area contributed by atoms with Crippen LogP contribution in [0.5, 0.6) is 0 Å². The van der Waals surface area contributed by atoms with Gasteiger partial charge in [0.2, 0.25) is 0 Å². The van der Waals surface area contributed by atoms with Gasteiger partial charge in [0.15, 0.2) is 0 Å². The van der Waals surface area contributed by atoms with Crippen molar-refractivity contribution >= 4 is 18.1 Å². The van der Waals surface area contributed by atoms with Crippen molar-refractivity contribution in [1.29, 1.82) is 0 Å². The summed E-state index contributed by atoms with van der Waals surface area (Å²) in [6.45, 7) is 0.0859.